The van der Waals surface area contributed by atoms with Crippen molar-refractivity contribution in [3.63, 3.8) is 0 Å². The molecule has 6 nitrogen and oxygen atoms in total. The van der Waals surface area contributed by atoms with Crippen LogP contribution in [0, 0.1) is 13.8 Å². The summed E-state index contributed by atoms with van der Waals surface area (Å²) in [5.74, 6) is -0.151. The topological polar surface area (TPSA) is 79.8 Å². The average Bonchev–Trinajstić information content (AvgIpc) is 3.19. The normalized spacial score (nSPS) is 11.2. The highest BCUT2D eigenvalue weighted by molar-refractivity contribution is 7.18. The van der Waals surface area contributed by atoms with Gasteiger partial charge in [-0.1, -0.05) is 35.9 Å². The fraction of sp³-hybridized carbons (Fsp3) is 0.174. The van der Waals surface area contributed by atoms with Gasteiger partial charge in [0.15, 0.2) is 6.61 Å². The SMILES string of the molecule is CC(=NNC(=O)c1ccccc1NC(=O)COc1cccc(C)c1C)c1ccc(Cl)s1. The van der Waals surface area contributed by atoms with E-state index in [-0.39, 0.29) is 12.5 Å². The number of hydrogen-bond acceptors (Lipinski definition) is 5. The molecule has 0 saturated heterocycles. The lowest BCUT2D eigenvalue weighted by Crippen LogP contribution is -2.24. The van der Waals surface area contributed by atoms with Gasteiger partial charge in [-0.15, -0.1) is 11.3 Å². The molecule has 2 aromatic carbocycles. The van der Waals surface area contributed by atoms with Crippen LogP contribution in [0.2, 0.25) is 4.34 Å². The first-order chi connectivity index (χ1) is 14.8. The number of hydrazone groups is 1. The van der Waals surface area contributed by atoms with Crippen molar-refractivity contribution in [3.05, 3.63) is 80.5 Å². The Labute approximate surface area is 189 Å². The number of benzene rings is 2. The Morgan fingerprint density at radius 1 is 1.06 bits per heavy atom. The molecule has 0 radical (unpaired) electrons. The van der Waals surface area contributed by atoms with E-state index in [2.05, 4.69) is 15.8 Å². The minimum absolute atomic E-state index is 0.170. The molecule has 3 rings (SSSR count). The molecule has 160 valence electrons. The van der Waals surface area contributed by atoms with E-state index in [1.165, 1.54) is 11.3 Å². The number of rotatable bonds is 7. The third kappa shape index (κ3) is 5.93. The molecule has 8 heteroatoms. The van der Waals surface area contributed by atoms with Crippen LogP contribution in [0.3, 0.4) is 0 Å². The van der Waals surface area contributed by atoms with E-state index < -0.39 is 5.91 Å². The molecule has 0 atom stereocenters. The second kappa shape index (κ2) is 10.2. The summed E-state index contributed by atoms with van der Waals surface area (Å²) in [5, 5.41) is 6.86. The Bertz CT molecular complexity index is 1140. The Kier molecular flexibility index (Phi) is 7.44. The standard InChI is InChI=1S/C23H22ClN3O3S/c1-14-7-6-10-19(15(14)2)30-13-22(28)25-18-9-5-4-8-17(18)23(29)27-26-16(3)20-11-12-21(24)31-20/h4-12H,13H2,1-3H3,(H,25,28)(H,27,29). The second-order valence-corrected chi connectivity index (χ2v) is 8.54. The van der Waals surface area contributed by atoms with Crippen molar-refractivity contribution in [2.24, 2.45) is 5.10 Å². The van der Waals surface area contributed by atoms with E-state index in [0.717, 1.165) is 16.0 Å². The van der Waals surface area contributed by atoms with Gasteiger partial charge in [-0.2, -0.15) is 5.10 Å². The van der Waals surface area contributed by atoms with E-state index in [9.17, 15) is 9.59 Å². The largest absolute Gasteiger partial charge is 0.483 e. The number of para-hydroxylation sites is 1. The minimum atomic E-state index is -0.437. The first kappa shape index (κ1) is 22.5. The summed E-state index contributed by atoms with van der Waals surface area (Å²) in [7, 11) is 0. The number of carbonyl (C=O) groups excluding carboxylic acids is 2. The van der Waals surface area contributed by atoms with Crippen LogP contribution in [-0.2, 0) is 4.79 Å². The maximum Gasteiger partial charge on any atom is 0.273 e. The summed E-state index contributed by atoms with van der Waals surface area (Å²) >= 11 is 7.31. The van der Waals surface area contributed by atoms with Gasteiger partial charge in [-0.3, -0.25) is 9.59 Å². The van der Waals surface area contributed by atoms with E-state index in [0.29, 0.717) is 27.0 Å². The van der Waals surface area contributed by atoms with Crippen LogP contribution >= 0.6 is 22.9 Å². The quantitative estimate of drug-likeness (QED) is 0.380. The van der Waals surface area contributed by atoms with Crippen molar-refractivity contribution < 1.29 is 14.3 Å². The van der Waals surface area contributed by atoms with Crippen LogP contribution in [0.25, 0.3) is 0 Å². The molecule has 31 heavy (non-hydrogen) atoms. The third-order valence-corrected chi connectivity index (χ3v) is 5.95. The highest BCUT2D eigenvalue weighted by Crippen LogP contribution is 2.22. The maximum absolute atomic E-state index is 12.6. The molecule has 3 aromatic rings. The molecule has 2 N–H and O–H groups in total. The summed E-state index contributed by atoms with van der Waals surface area (Å²) in [6, 6.07) is 16.0. The molecule has 0 saturated carbocycles. The zero-order valence-corrected chi connectivity index (χ0v) is 18.9. The molecule has 0 bridgehead atoms. The number of ether oxygens (including phenoxy) is 1. The van der Waals surface area contributed by atoms with E-state index in [1.807, 2.05) is 38.1 Å². The van der Waals surface area contributed by atoms with E-state index >= 15 is 0 Å². The number of amides is 2. The maximum atomic E-state index is 12.6. The van der Waals surface area contributed by atoms with Crippen LogP contribution in [0.4, 0.5) is 5.69 Å². The zero-order valence-electron chi connectivity index (χ0n) is 17.4. The van der Waals surface area contributed by atoms with Crippen LogP contribution in [0.5, 0.6) is 5.75 Å². The van der Waals surface area contributed by atoms with Gasteiger partial charge >= 0.3 is 0 Å². The van der Waals surface area contributed by atoms with E-state index in [1.54, 1.807) is 37.3 Å². The monoisotopic (exact) mass is 455 g/mol. The number of carbonyl (C=O) groups is 2. The Balaban J connectivity index is 1.64. The summed E-state index contributed by atoms with van der Waals surface area (Å²) in [6.45, 7) is 5.53. The average molecular weight is 456 g/mol. The number of hydrogen-bond donors (Lipinski definition) is 2. The molecule has 0 unspecified atom stereocenters. The summed E-state index contributed by atoms with van der Waals surface area (Å²) in [4.78, 5) is 25.9. The first-order valence-corrected chi connectivity index (χ1v) is 10.7. The summed E-state index contributed by atoms with van der Waals surface area (Å²) < 4.78 is 6.28. The number of anilines is 1. The van der Waals surface area contributed by atoms with Crippen molar-refractivity contribution >= 4 is 46.2 Å². The van der Waals surface area contributed by atoms with Crippen molar-refractivity contribution in [1.82, 2.24) is 5.43 Å². The van der Waals surface area contributed by atoms with Crippen molar-refractivity contribution in [2.45, 2.75) is 20.8 Å². The van der Waals surface area contributed by atoms with Crippen molar-refractivity contribution in [2.75, 3.05) is 11.9 Å². The fourth-order valence-electron chi connectivity index (χ4n) is 2.76. The molecule has 1 heterocycles. The lowest BCUT2D eigenvalue weighted by Gasteiger charge is -2.12. The molecule has 0 fully saturated rings. The predicted molar refractivity (Wildman–Crippen MR) is 125 cm³/mol. The molecular weight excluding hydrogens is 434 g/mol. The van der Waals surface area contributed by atoms with E-state index in [4.69, 9.17) is 16.3 Å². The highest BCUT2D eigenvalue weighted by atomic mass is 35.5. The highest BCUT2D eigenvalue weighted by Gasteiger charge is 2.14. The number of nitrogens with zero attached hydrogens (tertiary/aromatic N) is 1. The third-order valence-electron chi connectivity index (χ3n) is 4.61. The predicted octanol–water partition coefficient (Wildman–Crippen LogP) is 5.19. The smallest absolute Gasteiger partial charge is 0.273 e. The molecule has 2 amide bonds. The van der Waals surface area contributed by atoms with Crippen LogP contribution in [0.1, 0.15) is 33.3 Å². The minimum Gasteiger partial charge on any atom is -0.483 e. The molecular formula is C23H22ClN3O3S. The number of halogens is 1. The van der Waals surface area contributed by atoms with Gasteiger partial charge in [0.2, 0.25) is 0 Å². The van der Waals surface area contributed by atoms with Gasteiger partial charge in [0, 0.05) is 0 Å². The lowest BCUT2D eigenvalue weighted by atomic mass is 10.1. The van der Waals surface area contributed by atoms with Gasteiger partial charge in [-0.05, 0) is 62.2 Å². The van der Waals surface area contributed by atoms with Crippen LogP contribution < -0.4 is 15.5 Å². The molecule has 1 aromatic heterocycles. The number of nitrogens with one attached hydrogen (secondary N) is 2. The van der Waals surface area contributed by atoms with Crippen LogP contribution in [0.15, 0.2) is 59.7 Å². The zero-order chi connectivity index (χ0) is 22.4. The van der Waals surface area contributed by atoms with Gasteiger partial charge in [0.05, 0.1) is 26.2 Å². The van der Waals surface area contributed by atoms with Gasteiger partial charge in [-0.25, -0.2) is 5.43 Å². The molecule has 0 aliphatic carbocycles. The Morgan fingerprint density at radius 2 is 1.84 bits per heavy atom. The summed E-state index contributed by atoms with van der Waals surface area (Å²) in [5.41, 5.74) is 5.89. The van der Waals surface area contributed by atoms with Gasteiger partial charge < -0.3 is 10.1 Å². The van der Waals surface area contributed by atoms with Crippen molar-refractivity contribution in [1.29, 1.82) is 0 Å². The molecule has 0 spiro atoms. The first-order valence-electron chi connectivity index (χ1n) is 9.53. The lowest BCUT2D eigenvalue weighted by molar-refractivity contribution is -0.118. The van der Waals surface area contributed by atoms with Crippen molar-refractivity contribution in [3.8, 4) is 5.75 Å². The summed E-state index contributed by atoms with van der Waals surface area (Å²) in [6.07, 6.45) is 0. The number of thiophene rings is 1. The Morgan fingerprint density at radius 3 is 2.58 bits per heavy atom. The van der Waals surface area contributed by atoms with Gasteiger partial charge in [0.1, 0.15) is 5.75 Å². The molecule has 0 aliphatic heterocycles. The fourth-order valence-corrected chi connectivity index (χ4v) is 3.75. The van der Waals surface area contributed by atoms with Gasteiger partial charge in [0.25, 0.3) is 11.8 Å². The number of aryl methyl sites for hydroxylation is 1. The molecule has 0 aliphatic rings. The Hall–Kier alpha value is -3.16. The second-order valence-electron chi connectivity index (χ2n) is 6.82. The van der Waals surface area contributed by atoms with Crippen LogP contribution in [-0.4, -0.2) is 24.1 Å².